The average Bonchev–Trinajstić information content (AvgIpc) is 2.90. The summed E-state index contributed by atoms with van der Waals surface area (Å²) in [4.78, 5) is 12.9. The Hall–Kier alpha value is -1.39. The lowest BCUT2D eigenvalue weighted by Gasteiger charge is -2.46. The minimum Gasteiger partial charge on any atom is -0.468 e. The van der Waals surface area contributed by atoms with Crippen molar-refractivity contribution in [2.45, 2.75) is 107 Å². The molecule has 1 amide bonds. The summed E-state index contributed by atoms with van der Waals surface area (Å²) in [6.07, 6.45) is 1.53. The minimum absolute atomic E-state index is 0.0910. The summed E-state index contributed by atoms with van der Waals surface area (Å²) >= 11 is 0. The van der Waals surface area contributed by atoms with Gasteiger partial charge in [0.25, 0.3) is 5.91 Å². The molecule has 8 atom stereocenters. The highest BCUT2D eigenvalue weighted by molar-refractivity contribution is 5.87. The Kier molecular flexibility index (Phi) is 11.6. The van der Waals surface area contributed by atoms with Crippen LogP contribution in [0, 0.1) is 5.92 Å². The Morgan fingerprint density at radius 1 is 1.30 bits per heavy atom. The van der Waals surface area contributed by atoms with Gasteiger partial charge in [-0.25, -0.2) is 0 Å². The van der Waals surface area contributed by atoms with Crippen molar-refractivity contribution in [2.75, 3.05) is 39.4 Å². The Balaban J connectivity index is 1.42. The van der Waals surface area contributed by atoms with Gasteiger partial charge in [-0.2, -0.15) is 0 Å². The van der Waals surface area contributed by atoms with Crippen LogP contribution in [-0.2, 0) is 23.7 Å². The molecule has 0 bridgehead atoms. The molecule has 13 nitrogen and oxygen atoms in total. The van der Waals surface area contributed by atoms with E-state index in [-0.39, 0.29) is 32.7 Å². The minimum atomic E-state index is -1.56. The molecule has 0 aromatic heterocycles. The van der Waals surface area contributed by atoms with Crippen molar-refractivity contribution in [3.63, 3.8) is 0 Å². The molecule has 2 aliphatic heterocycles. The van der Waals surface area contributed by atoms with Crippen molar-refractivity contribution >= 4 is 5.91 Å². The number of carbonyl (C=O) groups excluding carboxylic acids is 1. The number of rotatable bonds is 15. The van der Waals surface area contributed by atoms with E-state index in [9.17, 15) is 25.2 Å². The summed E-state index contributed by atoms with van der Waals surface area (Å²) < 4.78 is 23.9. The number of aliphatic hydroxyl groups is 4. The third-order valence-corrected chi connectivity index (χ3v) is 8.31. The van der Waals surface area contributed by atoms with Gasteiger partial charge in [-0.15, -0.1) is 0 Å². The molecule has 2 aliphatic carbocycles. The summed E-state index contributed by atoms with van der Waals surface area (Å²) in [5.74, 6) is 0.917. The van der Waals surface area contributed by atoms with Crippen LogP contribution in [0.15, 0.2) is 11.8 Å². The zero-order valence-corrected chi connectivity index (χ0v) is 23.4. The van der Waals surface area contributed by atoms with E-state index in [1.54, 1.807) is 6.92 Å². The molecule has 2 saturated carbocycles. The second kappa shape index (κ2) is 14.7. The quantitative estimate of drug-likeness (QED) is 0.103. The maximum atomic E-state index is 12.9. The largest absolute Gasteiger partial charge is 0.468 e. The van der Waals surface area contributed by atoms with Crippen LogP contribution in [0.3, 0.4) is 0 Å². The number of carbonyl (C=O) groups is 1. The van der Waals surface area contributed by atoms with Crippen LogP contribution in [0.2, 0.25) is 0 Å². The highest BCUT2D eigenvalue weighted by Crippen LogP contribution is 2.30. The van der Waals surface area contributed by atoms with Crippen LogP contribution in [0.25, 0.3) is 0 Å². The topological polar surface area (TPSA) is 197 Å². The van der Waals surface area contributed by atoms with Gasteiger partial charge in [-0.1, -0.05) is 13.3 Å². The van der Waals surface area contributed by atoms with Gasteiger partial charge >= 0.3 is 0 Å². The molecule has 13 heteroatoms. The van der Waals surface area contributed by atoms with Crippen LogP contribution in [0.1, 0.15) is 51.9 Å². The second-order valence-electron chi connectivity index (χ2n) is 11.5. The first-order valence-electron chi connectivity index (χ1n) is 14.7. The zero-order valence-electron chi connectivity index (χ0n) is 23.4. The van der Waals surface area contributed by atoms with Gasteiger partial charge in [-0.3, -0.25) is 4.79 Å². The van der Waals surface area contributed by atoms with E-state index in [0.29, 0.717) is 19.4 Å². The average molecular weight is 573 g/mol. The number of ether oxygens (including phenoxy) is 4. The van der Waals surface area contributed by atoms with Gasteiger partial charge < -0.3 is 61.1 Å². The number of nitrogens with two attached hydrogens (primary N) is 1. The molecule has 3 fully saturated rings. The van der Waals surface area contributed by atoms with Gasteiger partial charge in [0.15, 0.2) is 18.2 Å². The summed E-state index contributed by atoms with van der Waals surface area (Å²) in [6.45, 7) is 3.15. The predicted molar refractivity (Wildman–Crippen MR) is 144 cm³/mol. The number of amides is 1. The van der Waals surface area contributed by atoms with E-state index in [1.807, 2.05) is 6.08 Å². The molecule has 230 valence electrons. The lowest BCUT2D eigenvalue weighted by molar-refractivity contribution is -0.269. The van der Waals surface area contributed by atoms with E-state index in [2.05, 4.69) is 16.0 Å². The smallest absolute Gasteiger partial charge is 0.254 e. The number of β-amino-alcohol motifs (C(OH)–C–C–N with tert-alkyl or cyclic N) is 1. The molecule has 9 N–H and O–H groups in total. The standard InChI is InChI=1S/C27H48N4O9/c1-2-20(33)25(37-10-9-32)40-24-19(31-26(35)27(36)14-30-15-27)11-18(28)23(22(24)34)39-21-8-4-7-17(38-21)13-29-12-16-5-3-6-16/h7,16,18-25,29-30,32-34,36H,2-6,8-15,28H2,1H3,(H,31,35)/t18-,19+,20+,21+,22-,23+,24-,25+/m0/s1. The van der Waals surface area contributed by atoms with Gasteiger partial charge in [0.05, 0.1) is 25.8 Å². The molecular weight excluding hydrogens is 524 g/mol. The van der Waals surface area contributed by atoms with E-state index < -0.39 is 60.6 Å². The van der Waals surface area contributed by atoms with Crippen LogP contribution >= 0.6 is 0 Å². The van der Waals surface area contributed by atoms with Crippen molar-refractivity contribution < 1.29 is 44.2 Å². The fourth-order valence-corrected chi connectivity index (χ4v) is 5.46. The van der Waals surface area contributed by atoms with E-state index in [1.165, 1.54) is 19.3 Å². The summed E-state index contributed by atoms with van der Waals surface area (Å²) in [7, 11) is 0. The van der Waals surface area contributed by atoms with Crippen LogP contribution < -0.4 is 21.7 Å². The van der Waals surface area contributed by atoms with E-state index >= 15 is 0 Å². The molecular formula is C27H48N4O9. The Morgan fingerprint density at radius 2 is 2.08 bits per heavy atom. The zero-order chi connectivity index (χ0) is 28.7. The maximum absolute atomic E-state index is 12.9. The normalized spacial score (nSPS) is 33.6. The Bertz CT molecular complexity index is 841. The number of hydrogen-bond donors (Lipinski definition) is 8. The molecule has 4 rings (SSSR count). The summed E-state index contributed by atoms with van der Waals surface area (Å²) in [5.41, 5.74) is 4.91. The predicted octanol–water partition coefficient (Wildman–Crippen LogP) is -1.82. The molecule has 40 heavy (non-hydrogen) atoms. The highest BCUT2D eigenvalue weighted by Gasteiger charge is 2.50. The van der Waals surface area contributed by atoms with Crippen molar-refractivity contribution in [2.24, 2.45) is 11.7 Å². The highest BCUT2D eigenvalue weighted by atomic mass is 16.7. The summed E-state index contributed by atoms with van der Waals surface area (Å²) in [6, 6.07) is -1.48. The third kappa shape index (κ3) is 7.91. The van der Waals surface area contributed by atoms with Gasteiger partial charge in [-0.05, 0) is 50.6 Å². The monoisotopic (exact) mass is 572 g/mol. The molecule has 1 saturated heterocycles. The van der Waals surface area contributed by atoms with E-state index in [0.717, 1.165) is 24.6 Å². The van der Waals surface area contributed by atoms with Gasteiger partial charge in [0.2, 0.25) is 0 Å². The maximum Gasteiger partial charge on any atom is 0.254 e. The van der Waals surface area contributed by atoms with Gasteiger partial charge in [0, 0.05) is 25.6 Å². The Labute approximate surface area is 235 Å². The molecule has 0 aromatic carbocycles. The molecule has 4 aliphatic rings. The van der Waals surface area contributed by atoms with Crippen molar-refractivity contribution in [1.82, 2.24) is 16.0 Å². The molecule has 2 heterocycles. The molecule has 0 unspecified atom stereocenters. The third-order valence-electron chi connectivity index (χ3n) is 8.31. The Morgan fingerprint density at radius 3 is 2.70 bits per heavy atom. The van der Waals surface area contributed by atoms with Crippen molar-refractivity contribution in [1.29, 1.82) is 0 Å². The fourth-order valence-electron chi connectivity index (χ4n) is 5.46. The van der Waals surface area contributed by atoms with Crippen LogP contribution in [-0.4, -0.2) is 120 Å². The van der Waals surface area contributed by atoms with Crippen LogP contribution in [0.4, 0.5) is 0 Å². The van der Waals surface area contributed by atoms with Gasteiger partial charge in [0.1, 0.15) is 30.2 Å². The number of nitrogens with one attached hydrogen (secondary N) is 3. The van der Waals surface area contributed by atoms with Crippen LogP contribution in [0.5, 0.6) is 0 Å². The molecule has 0 spiro atoms. The first-order valence-corrected chi connectivity index (χ1v) is 14.7. The molecule has 0 radical (unpaired) electrons. The number of hydrogen-bond acceptors (Lipinski definition) is 12. The first-order chi connectivity index (χ1) is 19.2. The second-order valence-corrected chi connectivity index (χ2v) is 11.5. The fraction of sp³-hybridized carbons (Fsp3) is 0.889. The first kappa shape index (κ1) is 31.5. The number of aliphatic hydroxyl groups excluding tert-OH is 3. The van der Waals surface area contributed by atoms with E-state index in [4.69, 9.17) is 24.7 Å². The SMILES string of the molecule is CC[C@@H](O)[C@H](OCCO)O[C@@H]1[C@@H](O)[C@H](O[C@@H]2CCC=C(CNCC3CCC3)O2)[C@@H](N)C[C@H]1NC(=O)C1(O)CNC1. The lowest BCUT2D eigenvalue weighted by Crippen LogP contribution is -2.71. The summed E-state index contributed by atoms with van der Waals surface area (Å²) in [5, 5.41) is 50.8. The lowest BCUT2D eigenvalue weighted by atomic mass is 9.83. The van der Waals surface area contributed by atoms with Crippen molar-refractivity contribution in [3.8, 4) is 0 Å². The van der Waals surface area contributed by atoms with Crippen molar-refractivity contribution in [3.05, 3.63) is 11.8 Å². The number of allylic oxidation sites excluding steroid dienone is 1. The molecule has 0 aromatic rings.